The molecule has 3 amide bonds. The molecule has 0 fully saturated rings. The van der Waals surface area contributed by atoms with E-state index < -0.39 is 24.0 Å². The summed E-state index contributed by atoms with van der Waals surface area (Å²) in [6.45, 7) is 1.97. The van der Waals surface area contributed by atoms with E-state index in [1.54, 1.807) is 10.6 Å². The number of rotatable bonds is 3. The number of aromatic nitrogens is 2. The third-order valence-corrected chi connectivity index (χ3v) is 4.70. The van der Waals surface area contributed by atoms with E-state index in [0.29, 0.717) is 23.9 Å². The summed E-state index contributed by atoms with van der Waals surface area (Å²) < 4.78 is 6.78. The van der Waals surface area contributed by atoms with Gasteiger partial charge in [0.05, 0.1) is 16.5 Å². The molecule has 0 bridgehead atoms. The van der Waals surface area contributed by atoms with Crippen molar-refractivity contribution in [3.63, 3.8) is 0 Å². The highest BCUT2D eigenvalue weighted by molar-refractivity contribution is 5.99. The Balaban J connectivity index is 1.88. The van der Waals surface area contributed by atoms with Gasteiger partial charge in [0.15, 0.2) is 6.10 Å². The molecule has 148 valence electrons. The average Bonchev–Trinajstić information content (AvgIpc) is 2.62. The minimum atomic E-state index is -1.20. The monoisotopic (exact) mass is 386 g/mol. The van der Waals surface area contributed by atoms with Crippen LogP contribution in [0, 0.1) is 0 Å². The van der Waals surface area contributed by atoms with Gasteiger partial charge in [0, 0.05) is 13.0 Å². The average molecular weight is 386 g/mol. The summed E-state index contributed by atoms with van der Waals surface area (Å²) in [6, 6.07) is 3.46. The van der Waals surface area contributed by atoms with Crippen LogP contribution in [0.4, 0.5) is 4.79 Å². The normalized spacial score (nSPS) is 15.0. The van der Waals surface area contributed by atoms with E-state index in [2.05, 4.69) is 4.98 Å². The zero-order valence-electron chi connectivity index (χ0n) is 15.6. The van der Waals surface area contributed by atoms with E-state index in [4.69, 9.17) is 10.5 Å². The highest BCUT2D eigenvalue weighted by Crippen LogP contribution is 2.17. The predicted molar refractivity (Wildman–Crippen MR) is 101 cm³/mol. The van der Waals surface area contributed by atoms with Gasteiger partial charge < -0.3 is 10.5 Å². The third-order valence-electron chi connectivity index (χ3n) is 4.70. The number of nitrogens with zero attached hydrogens (tertiary/aromatic N) is 2. The third kappa shape index (κ3) is 4.19. The molecule has 2 heterocycles. The quantitative estimate of drug-likeness (QED) is 0.763. The SMILES string of the molecule is C[C@H](OC(=O)c1ccc2c(=O)n3c(nc2c1)CCCCCC3)C(=O)NC(N)=O. The lowest BCUT2D eigenvalue weighted by molar-refractivity contribution is -0.127. The lowest BCUT2D eigenvalue weighted by Gasteiger charge is -2.16. The second-order valence-electron chi connectivity index (χ2n) is 6.78. The molecule has 0 spiro atoms. The summed E-state index contributed by atoms with van der Waals surface area (Å²) in [4.78, 5) is 52.1. The van der Waals surface area contributed by atoms with Crippen LogP contribution >= 0.6 is 0 Å². The number of nitrogens with two attached hydrogens (primary N) is 1. The van der Waals surface area contributed by atoms with E-state index in [-0.39, 0.29) is 11.1 Å². The summed E-state index contributed by atoms with van der Waals surface area (Å²) in [6.07, 6.45) is 3.61. The molecular weight excluding hydrogens is 364 g/mol. The molecule has 0 saturated heterocycles. The Hall–Kier alpha value is -3.23. The Morgan fingerprint density at radius 2 is 1.96 bits per heavy atom. The van der Waals surface area contributed by atoms with Gasteiger partial charge in [-0.2, -0.15) is 0 Å². The number of hydrogen-bond donors (Lipinski definition) is 2. The zero-order valence-corrected chi connectivity index (χ0v) is 15.6. The Labute approximate surface area is 160 Å². The number of nitrogens with one attached hydrogen (secondary N) is 1. The van der Waals surface area contributed by atoms with Crippen LogP contribution in [0.25, 0.3) is 10.9 Å². The van der Waals surface area contributed by atoms with Crippen LogP contribution < -0.4 is 16.6 Å². The summed E-state index contributed by atoms with van der Waals surface area (Å²) in [5.74, 6) is -0.862. The smallest absolute Gasteiger partial charge is 0.338 e. The number of primary amides is 1. The molecule has 1 aliphatic heterocycles. The first kappa shape index (κ1) is 19.5. The van der Waals surface area contributed by atoms with Crippen LogP contribution in [0.15, 0.2) is 23.0 Å². The van der Waals surface area contributed by atoms with Gasteiger partial charge in [-0.1, -0.05) is 12.8 Å². The van der Waals surface area contributed by atoms with Gasteiger partial charge in [0.2, 0.25) is 0 Å². The van der Waals surface area contributed by atoms with Crippen molar-refractivity contribution in [2.45, 2.75) is 51.7 Å². The molecule has 3 N–H and O–H groups in total. The number of hydrogen-bond acceptors (Lipinski definition) is 6. The van der Waals surface area contributed by atoms with Gasteiger partial charge in [0.1, 0.15) is 5.82 Å². The largest absolute Gasteiger partial charge is 0.449 e. The number of fused-ring (bicyclic) bond motifs is 2. The second-order valence-corrected chi connectivity index (χ2v) is 6.78. The number of benzene rings is 1. The first-order valence-electron chi connectivity index (χ1n) is 9.21. The molecule has 1 aliphatic rings. The fourth-order valence-electron chi connectivity index (χ4n) is 3.23. The number of urea groups is 1. The van der Waals surface area contributed by atoms with Crippen LogP contribution in [0.1, 0.15) is 48.8 Å². The standard InChI is InChI=1S/C19H22N4O5/c1-11(16(24)22-19(20)27)28-18(26)12-7-8-13-14(10-12)21-15-6-4-2-3-5-9-23(15)17(13)25/h7-8,10-11H,2-6,9H2,1H3,(H3,20,22,24,27)/t11-/m0/s1. The van der Waals surface area contributed by atoms with Gasteiger partial charge in [0.25, 0.3) is 11.5 Å². The van der Waals surface area contributed by atoms with Crippen molar-refractivity contribution in [1.29, 1.82) is 0 Å². The second kappa shape index (κ2) is 8.20. The first-order chi connectivity index (χ1) is 13.4. The molecule has 1 atom stereocenters. The first-order valence-corrected chi connectivity index (χ1v) is 9.21. The van der Waals surface area contributed by atoms with Crippen LogP contribution in [-0.2, 0) is 22.5 Å². The zero-order chi connectivity index (χ0) is 20.3. The van der Waals surface area contributed by atoms with E-state index in [0.717, 1.165) is 31.5 Å². The summed E-state index contributed by atoms with van der Waals surface area (Å²) >= 11 is 0. The number of esters is 1. The Kier molecular flexibility index (Phi) is 5.72. The molecule has 9 nitrogen and oxygen atoms in total. The van der Waals surface area contributed by atoms with Gasteiger partial charge in [-0.25, -0.2) is 14.6 Å². The molecular formula is C19H22N4O5. The summed E-state index contributed by atoms with van der Waals surface area (Å²) in [7, 11) is 0. The molecule has 28 heavy (non-hydrogen) atoms. The maximum atomic E-state index is 12.8. The fourth-order valence-corrected chi connectivity index (χ4v) is 3.23. The molecule has 1 aromatic heterocycles. The summed E-state index contributed by atoms with van der Waals surface area (Å²) in [5, 5.41) is 2.28. The van der Waals surface area contributed by atoms with Gasteiger partial charge in [-0.15, -0.1) is 0 Å². The number of imide groups is 1. The van der Waals surface area contributed by atoms with Crippen molar-refractivity contribution in [1.82, 2.24) is 14.9 Å². The van der Waals surface area contributed by atoms with Crippen LogP contribution in [0.2, 0.25) is 0 Å². The molecule has 0 saturated carbocycles. The van der Waals surface area contributed by atoms with Gasteiger partial charge in [-0.3, -0.25) is 19.5 Å². The number of ether oxygens (including phenoxy) is 1. The van der Waals surface area contributed by atoms with Crippen molar-refractivity contribution >= 4 is 28.8 Å². The number of aryl methyl sites for hydroxylation is 1. The van der Waals surface area contributed by atoms with Crippen LogP contribution in [0.3, 0.4) is 0 Å². The van der Waals surface area contributed by atoms with E-state index in [9.17, 15) is 19.2 Å². The minimum absolute atomic E-state index is 0.115. The molecule has 1 aromatic carbocycles. The van der Waals surface area contributed by atoms with Crippen molar-refractivity contribution < 1.29 is 19.1 Å². The van der Waals surface area contributed by atoms with Gasteiger partial charge >= 0.3 is 12.0 Å². The predicted octanol–water partition coefficient (Wildman–Crippen LogP) is 1.25. The Bertz CT molecular complexity index is 998. The van der Waals surface area contributed by atoms with E-state index in [1.807, 2.05) is 5.32 Å². The van der Waals surface area contributed by atoms with Crippen molar-refractivity contribution in [3.05, 3.63) is 39.9 Å². The maximum Gasteiger partial charge on any atom is 0.338 e. The number of carbonyl (C=O) groups is 3. The lowest BCUT2D eigenvalue weighted by atomic mass is 10.1. The highest BCUT2D eigenvalue weighted by Gasteiger charge is 2.21. The van der Waals surface area contributed by atoms with E-state index >= 15 is 0 Å². The molecule has 3 rings (SSSR count). The lowest BCUT2D eigenvalue weighted by Crippen LogP contribution is -2.42. The van der Waals surface area contributed by atoms with Crippen molar-refractivity contribution in [2.24, 2.45) is 5.73 Å². The fraction of sp³-hybridized carbons (Fsp3) is 0.421. The Morgan fingerprint density at radius 1 is 1.21 bits per heavy atom. The topological polar surface area (TPSA) is 133 Å². The van der Waals surface area contributed by atoms with E-state index in [1.165, 1.54) is 19.1 Å². The molecule has 2 aromatic rings. The van der Waals surface area contributed by atoms with Crippen LogP contribution in [0.5, 0.6) is 0 Å². The minimum Gasteiger partial charge on any atom is -0.449 e. The summed E-state index contributed by atoms with van der Waals surface area (Å²) in [5.41, 5.74) is 5.34. The van der Waals surface area contributed by atoms with Gasteiger partial charge in [-0.05, 0) is 38.0 Å². The molecule has 0 aliphatic carbocycles. The molecule has 9 heteroatoms. The molecule has 0 radical (unpaired) electrons. The highest BCUT2D eigenvalue weighted by atomic mass is 16.5. The van der Waals surface area contributed by atoms with Crippen LogP contribution in [-0.4, -0.2) is 33.6 Å². The van der Waals surface area contributed by atoms with Crippen molar-refractivity contribution in [2.75, 3.05) is 0 Å². The number of carbonyl (C=O) groups excluding carboxylic acids is 3. The Morgan fingerprint density at radius 3 is 2.71 bits per heavy atom. The van der Waals surface area contributed by atoms with Crippen molar-refractivity contribution in [3.8, 4) is 0 Å². The number of amides is 3. The molecule has 0 unspecified atom stereocenters. The maximum absolute atomic E-state index is 12.8.